The topological polar surface area (TPSA) is 101 Å². The lowest BCUT2D eigenvalue weighted by atomic mass is 10.3. The van der Waals surface area contributed by atoms with E-state index < -0.39 is 26.0 Å². The standard InChI is InChI=1S/C11H17NO5S2/c1-3-9(13)8-12-19(16,17)11-6-4-10(5-7-11)18(2,14)15/h4-7,9,12-13H,3,8H2,1-2H3. The molecule has 0 fully saturated rings. The summed E-state index contributed by atoms with van der Waals surface area (Å²) in [6.45, 7) is 1.66. The summed E-state index contributed by atoms with van der Waals surface area (Å²) >= 11 is 0. The van der Waals surface area contributed by atoms with Gasteiger partial charge >= 0.3 is 0 Å². The quantitative estimate of drug-likeness (QED) is 0.778. The van der Waals surface area contributed by atoms with E-state index in [1.807, 2.05) is 0 Å². The van der Waals surface area contributed by atoms with Gasteiger partial charge < -0.3 is 5.11 Å². The summed E-state index contributed by atoms with van der Waals surface area (Å²) in [5, 5.41) is 9.31. The summed E-state index contributed by atoms with van der Waals surface area (Å²) < 4.78 is 48.4. The van der Waals surface area contributed by atoms with Crippen molar-refractivity contribution in [3.63, 3.8) is 0 Å². The maximum absolute atomic E-state index is 11.8. The molecule has 0 aliphatic heterocycles. The Balaban J connectivity index is 2.91. The highest BCUT2D eigenvalue weighted by Crippen LogP contribution is 2.14. The lowest BCUT2D eigenvalue weighted by Gasteiger charge is -2.10. The molecule has 1 unspecified atom stereocenters. The Morgan fingerprint density at radius 2 is 1.58 bits per heavy atom. The second-order valence-electron chi connectivity index (χ2n) is 4.16. The average molecular weight is 307 g/mol. The van der Waals surface area contributed by atoms with E-state index in [2.05, 4.69) is 4.72 Å². The first kappa shape index (κ1) is 16.1. The fourth-order valence-electron chi connectivity index (χ4n) is 1.30. The number of aliphatic hydroxyl groups is 1. The number of benzene rings is 1. The molecule has 0 spiro atoms. The van der Waals surface area contributed by atoms with Gasteiger partial charge in [0.05, 0.1) is 15.9 Å². The van der Waals surface area contributed by atoms with Gasteiger partial charge in [-0.2, -0.15) is 0 Å². The van der Waals surface area contributed by atoms with Gasteiger partial charge in [0.25, 0.3) is 0 Å². The van der Waals surface area contributed by atoms with Crippen molar-refractivity contribution in [1.82, 2.24) is 4.72 Å². The first-order valence-corrected chi connectivity index (χ1v) is 9.02. The minimum Gasteiger partial charge on any atom is -0.392 e. The normalized spacial score (nSPS) is 14.3. The molecule has 2 N–H and O–H groups in total. The summed E-state index contributed by atoms with van der Waals surface area (Å²) in [6.07, 6.45) is 0.743. The van der Waals surface area contributed by atoms with Gasteiger partial charge in [-0.15, -0.1) is 0 Å². The lowest BCUT2D eigenvalue weighted by Crippen LogP contribution is -2.31. The van der Waals surface area contributed by atoms with Gasteiger partial charge in [-0.3, -0.25) is 0 Å². The van der Waals surface area contributed by atoms with Gasteiger partial charge in [-0.05, 0) is 30.7 Å². The van der Waals surface area contributed by atoms with Crippen molar-refractivity contribution in [3.05, 3.63) is 24.3 Å². The number of hydrogen-bond acceptors (Lipinski definition) is 5. The van der Waals surface area contributed by atoms with Gasteiger partial charge in [0.1, 0.15) is 0 Å². The van der Waals surface area contributed by atoms with Crippen LogP contribution in [0.1, 0.15) is 13.3 Å². The molecule has 0 saturated carbocycles. The maximum atomic E-state index is 11.8. The van der Waals surface area contributed by atoms with Crippen LogP contribution in [0.25, 0.3) is 0 Å². The minimum atomic E-state index is -3.73. The van der Waals surface area contributed by atoms with Crippen molar-refractivity contribution in [2.24, 2.45) is 0 Å². The van der Waals surface area contributed by atoms with E-state index in [0.717, 1.165) is 6.26 Å². The van der Waals surface area contributed by atoms with Crippen LogP contribution in [0.15, 0.2) is 34.1 Å². The van der Waals surface area contributed by atoms with Crippen LogP contribution >= 0.6 is 0 Å². The van der Waals surface area contributed by atoms with Crippen LogP contribution in [0.2, 0.25) is 0 Å². The van der Waals surface area contributed by atoms with Crippen molar-refractivity contribution in [2.75, 3.05) is 12.8 Å². The first-order valence-electron chi connectivity index (χ1n) is 5.64. The van der Waals surface area contributed by atoms with Gasteiger partial charge in [-0.1, -0.05) is 6.92 Å². The molecular weight excluding hydrogens is 290 g/mol. The van der Waals surface area contributed by atoms with Crippen molar-refractivity contribution in [3.8, 4) is 0 Å². The molecule has 0 heterocycles. The van der Waals surface area contributed by atoms with E-state index in [1.54, 1.807) is 6.92 Å². The van der Waals surface area contributed by atoms with Crippen molar-refractivity contribution in [1.29, 1.82) is 0 Å². The number of hydrogen-bond donors (Lipinski definition) is 2. The molecule has 0 aliphatic rings. The second kappa shape index (κ2) is 6.00. The Morgan fingerprint density at radius 1 is 1.11 bits per heavy atom. The van der Waals surface area contributed by atoms with E-state index in [4.69, 9.17) is 0 Å². The largest absolute Gasteiger partial charge is 0.392 e. The number of aliphatic hydroxyl groups excluding tert-OH is 1. The first-order chi connectivity index (χ1) is 8.66. The van der Waals surface area contributed by atoms with Crippen LogP contribution < -0.4 is 4.72 Å². The Kier molecular flexibility index (Phi) is 5.08. The zero-order chi connectivity index (χ0) is 14.7. The zero-order valence-electron chi connectivity index (χ0n) is 10.7. The molecule has 1 aromatic rings. The highest BCUT2D eigenvalue weighted by Gasteiger charge is 2.16. The Hall–Kier alpha value is -0.960. The van der Waals surface area contributed by atoms with Crippen molar-refractivity contribution in [2.45, 2.75) is 29.2 Å². The molecule has 0 aliphatic carbocycles. The fourth-order valence-corrected chi connectivity index (χ4v) is 3.00. The monoisotopic (exact) mass is 307 g/mol. The maximum Gasteiger partial charge on any atom is 0.240 e. The number of rotatable bonds is 6. The van der Waals surface area contributed by atoms with E-state index in [-0.39, 0.29) is 16.3 Å². The molecule has 0 radical (unpaired) electrons. The Bertz CT molecular complexity index is 620. The predicted molar refractivity (Wildman–Crippen MR) is 71.0 cm³/mol. The summed E-state index contributed by atoms with van der Waals surface area (Å²) in [7, 11) is -7.08. The molecule has 19 heavy (non-hydrogen) atoms. The molecule has 1 atom stereocenters. The zero-order valence-corrected chi connectivity index (χ0v) is 12.3. The van der Waals surface area contributed by atoms with E-state index in [0.29, 0.717) is 6.42 Å². The smallest absolute Gasteiger partial charge is 0.240 e. The van der Waals surface area contributed by atoms with Crippen LogP contribution in [0.3, 0.4) is 0 Å². The van der Waals surface area contributed by atoms with Gasteiger partial charge in [0.2, 0.25) is 10.0 Å². The predicted octanol–water partition coefficient (Wildman–Crippen LogP) is 0.139. The fraction of sp³-hybridized carbons (Fsp3) is 0.455. The van der Waals surface area contributed by atoms with Crippen molar-refractivity contribution < 1.29 is 21.9 Å². The van der Waals surface area contributed by atoms with Gasteiger partial charge in [-0.25, -0.2) is 21.6 Å². The molecule has 0 saturated heterocycles. The molecule has 1 aromatic carbocycles. The average Bonchev–Trinajstić information content (AvgIpc) is 2.35. The van der Waals surface area contributed by atoms with Crippen LogP contribution in [0.4, 0.5) is 0 Å². The van der Waals surface area contributed by atoms with Crippen molar-refractivity contribution >= 4 is 19.9 Å². The summed E-state index contributed by atoms with van der Waals surface area (Å²) in [6, 6.07) is 4.91. The summed E-state index contributed by atoms with van der Waals surface area (Å²) in [5.41, 5.74) is 0. The van der Waals surface area contributed by atoms with E-state index in [9.17, 15) is 21.9 Å². The van der Waals surface area contributed by atoms with Crippen LogP contribution in [0.5, 0.6) is 0 Å². The van der Waals surface area contributed by atoms with Crippen LogP contribution in [-0.2, 0) is 19.9 Å². The van der Waals surface area contributed by atoms with Gasteiger partial charge in [0.15, 0.2) is 9.84 Å². The molecule has 1 rings (SSSR count). The molecule has 0 aromatic heterocycles. The number of sulfonamides is 1. The Morgan fingerprint density at radius 3 is 2.00 bits per heavy atom. The third kappa shape index (κ3) is 4.57. The SMILES string of the molecule is CCC(O)CNS(=O)(=O)c1ccc(S(C)(=O)=O)cc1. The van der Waals surface area contributed by atoms with Crippen LogP contribution in [-0.4, -0.2) is 40.8 Å². The summed E-state index contributed by atoms with van der Waals surface area (Å²) in [5.74, 6) is 0. The number of nitrogens with one attached hydrogen (secondary N) is 1. The molecule has 108 valence electrons. The molecular formula is C11H17NO5S2. The molecule has 0 bridgehead atoms. The van der Waals surface area contributed by atoms with E-state index >= 15 is 0 Å². The minimum absolute atomic E-state index is 0.0387. The summed E-state index contributed by atoms with van der Waals surface area (Å²) in [4.78, 5) is 0.0169. The highest BCUT2D eigenvalue weighted by molar-refractivity contribution is 7.90. The molecule has 8 heteroatoms. The molecule has 6 nitrogen and oxygen atoms in total. The third-order valence-electron chi connectivity index (χ3n) is 2.54. The van der Waals surface area contributed by atoms with Crippen LogP contribution in [0, 0.1) is 0 Å². The third-order valence-corrected chi connectivity index (χ3v) is 5.11. The molecule has 0 amide bonds. The Labute approximate surface area is 113 Å². The lowest BCUT2D eigenvalue weighted by molar-refractivity contribution is 0.174. The number of sulfone groups is 1. The second-order valence-corrected chi connectivity index (χ2v) is 7.94. The highest BCUT2D eigenvalue weighted by atomic mass is 32.2. The van der Waals surface area contributed by atoms with Gasteiger partial charge in [0, 0.05) is 12.8 Å². The van der Waals surface area contributed by atoms with E-state index in [1.165, 1.54) is 24.3 Å².